The van der Waals surface area contributed by atoms with Gasteiger partial charge >= 0.3 is 0 Å². The number of fused-ring (bicyclic) bond motifs is 1. The Hall–Kier alpha value is -2.55. The highest BCUT2D eigenvalue weighted by Crippen LogP contribution is 2.26. The third kappa shape index (κ3) is 2.30. The smallest absolute Gasteiger partial charge is 0.141 e. The predicted octanol–water partition coefficient (Wildman–Crippen LogP) is 3.34. The first-order valence-corrected chi connectivity index (χ1v) is 6.57. The molecule has 20 heavy (non-hydrogen) atoms. The molecular formula is C17H16N2O. The Morgan fingerprint density at radius 3 is 3.00 bits per heavy atom. The maximum Gasteiger partial charge on any atom is 0.141 e. The van der Waals surface area contributed by atoms with Gasteiger partial charge in [-0.3, -0.25) is 4.98 Å². The SMILES string of the molecule is CN1C=CC=CC1/C=C/c1ccc(O)c2ncccc12. The summed E-state index contributed by atoms with van der Waals surface area (Å²) in [4.78, 5) is 6.37. The molecule has 2 aromatic rings. The number of aromatic nitrogens is 1. The van der Waals surface area contributed by atoms with Crippen molar-refractivity contribution in [2.75, 3.05) is 7.05 Å². The number of hydrogen-bond acceptors (Lipinski definition) is 3. The normalized spacial score (nSPS) is 18.2. The Kier molecular flexibility index (Phi) is 3.25. The Morgan fingerprint density at radius 2 is 2.15 bits per heavy atom. The molecule has 0 aliphatic carbocycles. The summed E-state index contributed by atoms with van der Waals surface area (Å²) in [7, 11) is 2.05. The second-order valence-electron chi connectivity index (χ2n) is 4.82. The summed E-state index contributed by atoms with van der Waals surface area (Å²) < 4.78 is 0. The molecule has 1 unspecified atom stereocenters. The summed E-state index contributed by atoms with van der Waals surface area (Å²) in [5, 5.41) is 10.8. The lowest BCUT2D eigenvalue weighted by molar-refractivity contribution is 0.434. The van der Waals surface area contributed by atoms with Crippen LogP contribution in [0.15, 0.2) is 61.0 Å². The van der Waals surface area contributed by atoms with Crippen LogP contribution in [-0.2, 0) is 0 Å². The fourth-order valence-corrected chi connectivity index (χ4v) is 2.33. The molecule has 100 valence electrons. The Balaban J connectivity index is 1.97. The second kappa shape index (κ2) is 5.21. The molecular weight excluding hydrogens is 248 g/mol. The molecule has 2 heterocycles. The topological polar surface area (TPSA) is 36.4 Å². The number of allylic oxidation sites excluding steroid dienone is 2. The Bertz CT molecular complexity index is 716. The van der Waals surface area contributed by atoms with Crippen molar-refractivity contribution in [1.82, 2.24) is 9.88 Å². The van der Waals surface area contributed by atoms with Crippen LogP contribution in [0.25, 0.3) is 17.0 Å². The van der Waals surface area contributed by atoms with E-state index >= 15 is 0 Å². The van der Waals surface area contributed by atoms with Crippen LogP contribution in [0.3, 0.4) is 0 Å². The van der Waals surface area contributed by atoms with Crippen molar-refractivity contribution < 1.29 is 5.11 Å². The average molecular weight is 264 g/mol. The highest BCUT2D eigenvalue weighted by Gasteiger charge is 2.07. The second-order valence-corrected chi connectivity index (χ2v) is 4.82. The van der Waals surface area contributed by atoms with Gasteiger partial charge in [0.25, 0.3) is 0 Å². The number of likely N-dealkylation sites (N-methyl/N-ethyl adjacent to an activating group) is 1. The highest BCUT2D eigenvalue weighted by molar-refractivity contribution is 5.91. The van der Waals surface area contributed by atoms with Crippen molar-refractivity contribution >= 4 is 17.0 Å². The van der Waals surface area contributed by atoms with E-state index in [1.165, 1.54) is 0 Å². The van der Waals surface area contributed by atoms with Crippen LogP contribution in [0.1, 0.15) is 5.56 Å². The number of benzene rings is 1. The van der Waals surface area contributed by atoms with E-state index in [4.69, 9.17) is 0 Å². The summed E-state index contributed by atoms with van der Waals surface area (Å²) in [6, 6.07) is 7.71. The zero-order valence-corrected chi connectivity index (χ0v) is 11.3. The zero-order chi connectivity index (χ0) is 13.9. The molecule has 0 spiro atoms. The fourth-order valence-electron chi connectivity index (χ4n) is 2.33. The highest BCUT2D eigenvalue weighted by atomic mass is 16.3. The van der Waals surface area contributed by atoms with Gasteiger partial charge in [-0.05, 0) is 30.0 Å². The van der Waals surface area contributed by atoms with Gasteiger partial charge in [0.05, 0.1) is 6.04 Å². The maximum atomic E-state index is 9.84. The summed E-state index contributed by atoms with van der Waals surface area (Å²) in [5.74, 6) is 0.218. The van der Waals surface area contributed by atoms with Crippen molar-refractivity contribution in [2.45, 2.75) is 6.04 Å². The van der Waals surface area contributed by atoms with Crippen LogP contribution in [0.2, 0.25) is 0 Å². The molecule has 3 heteroatoms. The number of nitrogens with zero attached hydrogens (tertiary/aromatic N) is 2. The monoisotopic (exact) mass is 264 g/mol. The van der Waals surface area contributed by atoms with Gasteiger partial charge in [0.15, 0.2) is 0 Å². The molecule has 0 saturated carbocycles. The first-order chi connectivity index (χ1) is 9.75. The lowest BCUT2D eigenvalue weighted by Crippen LogP contribution is -2.24. The molecule has 1 N–H and O–H groups in total. The van der Waals surface area contributed by atoms with Gasteiger partial charge in [-0.25, -0.2) is 0 Å². The number of rotatable bonds is 2. The first-order valence-electron chi connectivity index (χ1n) is 6.57. The standard InChI is InChI=1S/C17H16N2O/c1-19-12-3-2-5-14(19)9-7-13-8-10-16(20)17-15(13)6-4-11-18-17/h2-12,14,20H,1H3/b9-7+. The van der Waals surface area contributed by atoms with Gasteiger partial charge in [0, 0.05) is 18.6 Å². The van der Waals surface area contributed by atoms with Gasteiger partial charge in [-0.15, -0.1) is 0 Å². The van der Waals surface area contributed by atoms with Gasteiger partial charge in [0.1, 0.15) is 11.3 Å². The van der Waals surface area contributed by atoms with Gasteiger partial charge < -0.3 is 10.0 Å². The van der Waals surface area contributed by atoms with Gasteiger partial charge in [0.2, 0.25) is 0 Å². The molecule has 0 fully saturated rings. The first kappa shape index (κ1) is 12.5. The number of phenols is 1. The van der Waals surface area contributed by atoms with Crippen LogP contribution < -0.4 is 0 Å². The average Bonchev–Trinajstić information content (AvgIpc) is 2.48. The molecule has 0 saturated heterocycles. The van der Waals surface area contributed by atoms with E-state index in [1.807, 2.05) is 43.6 Å². The molecule has 1 aliphatic heterocycles. The van der Waals surface area contributed by atoms with E-state index in [2.05, 4.69) is 28.1 Å². The summed E-state index contributed by atoms with van der Waals surface area (Å²) in [6.45, 7) is 0. The van der Waals surface area contributed by atoms with E-state index in [-0.39, 0.29) is 11.8 Å². The quantitative estimate of drug-likeness (QED) is 0.903. The lowest BCUT2D eigenvalue weighted by Gasteiger charge is -2.23. The van der Waals surface area contributed by atoms with Gasteiger partial charge in [-0.2, -0.15) is 0 Å². The van der Waals surface area contributed by atoms with Crippen LogP contribution in [0.4, 0.5) is 0 Å². The van der Waals surface area contributed by atoms with Crippen molar-refractivity contribution in [3.63, 3.8) is 0 Å². The minimum atomic E-state index is 0.218. The Labute approximate surface area is 118 Å². The predicted molar refractivity (Wildman–Crippen MR) is 82.3 cm³/mol. The van der Waals surface area contributed by atoms with Crippen molar-refractivity contribution in [1.29, 1.82) is 0 Å². The van der Waals surface area contributed by atoms with Crippen molar-refractivity contribution in [2.24, 2.45) is 0 Å². The molecule has 1 aromatic carbocycles. The fraction of sp³-hybridized carbons (Fsp3) is 0.118. The third-order valence-corrected chi connectivity index (χ3v) is 3.47. The number of phenolic OH excluding ortho intramolecular Hbond substituents is 1. The number of hydrogen-bond donors (Lipinski definition) is 1. The van der Waals surface area contributed by atoms with E-state index in [9.17, 15) is 5.11 Å². The van der Waals surface area contributed by atoms with E-state index in [1.54, 1.807) is 12.3 Å². The third-order valence-electron chi connectivity index (χ3n) is 3.47. The van der Waals surface area contributed by atoms with Crippen molar-refractivity contribution in [3.8, 4) is 5.75 Å². The zero-order valence-electron chi connectivity index (χ0n) is 11.3. The molecule has 1 aromatic heterocycles. The molecule has 1 atom stereocenters. The molecule has 0 amide bonds. The van der Waals surface area contributed by atoms with Gasteiger partial charge in [-0.1, -0.05) is 36.4 Å². The lowest BCUT2D eigenvalue weighted by atomic mass is 10.1. The van der Waals surface area contributed by atoms with Crippen LogP contribution in [-0.4, -0.2) is 28.1 Å². The van der Waals surface area contributed by atoms with Crippen LogP contribution >= 0.6 is 0 Å². The summed E-state index contributed by atoms with van der Waals surface area (Å²) >= 11 is 0. The Morgan fingerprint density at radius 1 is 1.25 bits per heavy atom. The van der Waals surface area contributed by atoms with E-state index in [0.717, 1.165) is 10.9 Å². The molecule has 1 aliphatic rings. The minimum Gasteiger partial charge on any atom is -0.506 e. The molecule has 3 rings (SSSR count). The molecule has 3 nitrogen and oxygen atoms in total. The van der Waals surface area contributed by atoms with E-state index in [0.29, 0.717) is 5.52 Å². The maximum absolute atomic E-state index is 9.84. The van der Waals surface area contributed by atoms with Crippen molar-refractivity contribution in [3.05, 3.63) is 66.5 Å². The molecule has 0 radical (unpaired) electrons. The van der Waals surface area contributed by atoms with Crippen LogP contribution in [0, 0.1) is 0 Å². The molecule has 0 bridgehead atoms. The largest absolute Gasteiger partial charge is 0.506 e. The number of aromatic hydroxyl groups is 1. The number of pyridine rings is 1. The minimum absolute atomic E-state index is 0.218. The summed E-state index contributed by atoms with van der Waals surface area (Å²) in [6.07, 6.45) is 14.2. The van der Waals surface area contributed by atoms with Crippen LogP contribution in [0.5, 0.6) is 5.75 Å². The van der Waals surface area contributed by atoms with E-state index < -0.39 is 0 Å². The summed E-state index contributed by atoms with van der Waals surface area (Å²) in [5.41, 5.74) is 1.70.